The van der Waals surface area contributed by atoms with E-state index in [2.05, 4.69) is 21.0 Å². The number of amides is 3. The normalized spacial score (nSPS) is 11.6. The van der Waals surface area contributed by atoms with Crippen LogP contribution in [0.15, 0.2) is 36.7 Å². The van der Waals surface area contributed by atoms with Crippen molar-refractivity contribution in [3.05, 3.63) is 47.8 Å². The highest BCUT2D eigenvalue weighted by molar-refractivity contribution is 5.98. The van der Waals surface area contributed by atoms with Crippen LogP contribution in [0.1, 0.15) is 22.8 Å². The Kier molecular flexibility index (Phi) is 5.95. The number of benzene rings is 1. The van der Waals surface area contributed by atoms with Crippen molar-refractivity contribution in [3.8, 4) is 0 Å². The zero-order chi connectivity index (χ0) is 17.5. The number of nitrogens with zero attached hydrogens (tertiary/aromatic N) is 2. The lowest BCUT2D eigenvalue weighted by Crippen LogP contribution is -2.34. The molecule has 1 atom stereocenters. The Balaban J connectivity index is 1.89. The molecule has 1 aromatic heterocycles. The van der Waals surface area contributed by atoms with E-state index in [0.717, 1.165) is 12.1 Å². The van der Waals surface area contributed by atoms with Crippen molar-refractivity contribution in [1.29, 1.82) is 0 Å². The highest BCUT2D eigenvalue weighted by atomic mass is 16.2. The standard InChI is InChI=1S/C17H23N5O2/c1-12(11-22-9-5-8-20-22)10-19-17(24)21-15-7-4-6-14(13(15)2)16(23)18-3/h4-9,12H,10-11H2,1-3H3,(H,18,23)(H2,19,21,24)/t12-/m1/s1. The van der Waals surface area contributed by atoms with Crippen molar-refractivity contribution < 1.29 is 9.59 Å². The van der Waals surface area contributed by atoms with Gasteiger partial charge in [0.15, 0.2) is 0 Å². The van der Waals surface area contributed by atoms with Gasteiger partial charge >= 0.3 is 6.03 Å². The van der Waals surface area contributed by atoms with Crippen molar-refractivity contribution in [2.75, 3.05) is 18.9 Å². The molecule has 7 heteroatoms. The Morgan fingerprint density at radius 2 is 2.08 bits per heavy atom. The lowest BCUT2D eigenvalue weighted by molar-refractivity contribution is 0.0962. The fraction of sp³-hybridized carbons (Fsp3) is 0.353. The minimum Gasteiger partial charge on any atom is -0.355 e. The van der Waals surface area contributed by atoms with Crippen LogP contribution in [0.25, 0.3) is 0 Å². The van der Waals surface area contributed by atoms with Crippen LogP contribution < -0.4 is 16.0 Å². The van der Waals surface area contributed by atoms with Crippen LogP contribution in [0.2, 0.25) is 0 Å². The largest absolute Gasteiger partial charge is 0.355 e. The summed E-state index contributed by atoms with van der Waals surface area (Å²) in [5, 5.41) is 12.4. The van der Waals surface area contributed by atoms with E-state index in [1.807, 2.05) is 23.9 Å². The molecule has 0 aliphatic heterocycles. The molecule has 24 heavy (non-hydrogen) atoms. The van der Waals surface area contributed by atoms with Crippen molar-refractivity contribution >= 4 is 17.6 Å². The topological polar surface area (TPSA) is 88.0 Å². The molecule has 3 N–H and O–H groups in total. The molecule has 128 valence electrons. The molecule has 0 aliphatic rings. The van der Waals surface area contributed by atoms with E-state index < -0.39 is 0 Å². The predicted molar refractivity (Wildman–Crippen MR) is 93.0 cm³/mol. The Hall–Kier alpha value is -2.83. The first-order valence-corrected chi connectivity index (χ1v) is 7.85. The quantitative estimate of drug-likeness (QED) is 0.757. The van der Waals surface area contributed by atoms with Crippen molar-refractivity contribution in [2.24, 2.45) is 5.92 Å². The second kappa shape index (κ2) is 8.14. The Morgan fingerprint density at radius 3 is 2.75 bits per heavy atom. The second-order valence-corrected chi connectivity index (χ2v) is 5.73. The molecule has 2 rings (SSSR count). The number of rotatable bonds is 6. The lowest BCUT2D eigenvalue weighted by Gasteiger charge is -2.15. The van der Waals surface area contributed by atoms with Gasteiger partial charge in [0, 0.05) is 43.8 Å². The van der Waals surface area contributed by atoms with Gasteiger partial charge in [-0.3, -0.25) is 9.48 Å². The zero-order valence-corrected chi connectivity index (χ0v) is 14.2. The van der Waals surface area contributed by atoms with Gasteiger partial charge in [-0.2, -0.15) is 5.10 Å². The molecule has 1 heterocycles. The Morgan fingerprint density at radius 1 is 1.29 bits per heavy atom. The summed E-state index contributed by atoms with van der Waals surface area (Å²) >= 11 is 0. The number of nitrogens with one attached hydrogen (secondary N) is 3. The van der Waals surface area contributed by atoms with Crippen molar-refractivity contribution in [2.45, 2.75) is 20.4 Å². The summed E-state index contributed by atoms with van der Waals surface area (Å²) in [7, 11) is 1.58. The molecule has 2 aromatic rings. The maximum Gasteiger partial charge on any atom is 0.319 e. The maximum atomic E-state index is 12.1. The second-order valence-electron chi connectivity index (χ2n) is 5.73. The third-order valence-electron chi connectivity index (χ3n) is 3.72. The van der Waals surface area contributed by atoms with Gasteiger partial charge in [-0.05, 0) is 36.6 Å². The summed E-state index contributed by atoms with van der Waals surface area (Å²) < 4.78 is 1.83. The molecule has 0 saturated carbocycles. The zero-order valence-electron chi connectivity index (χ0n) is 14.2. The average molecular weight is 329 g/mol. The molecule has 1 aromatic carbocycles. The monoisotopic (exact) mass is 329 g/mol. The average Bonchev–Trinajstić information content (AvgIpc) is 3.07. The number of carbonyl (C=O) groups is 2. The van der Waals surface area contributed by atoms with E-state index in [4.69, 9.17) is 0 Å². The van der Waals surface area contributed by atoms with Crippen molar-refractivity contribution in [3.63, 3.8) is 0 Å². The molecule has 0 fully saturated rings. The number of carbonyl (C=O) groups excluding carboxylic acids is 2. The van der Waals surface area contributed by atoms with Crippen LogP contribution in [-0.4, -0.2) is 35.3 Å². The number of aromatic nitrogens is 2. The van der Waals surface area contributed by atoms with Crippen LogP contribution in [0.4, 0.5) is 10.5 Å². The molecular formula is C17H23N5O2. The molecule has 7 nitrogen and oxygen atoms in total. The van der Waals surface area contributed by atoms with Gasteiger partial charge < -0.3 is 16.0 Å². The van der Waals surface area contributed by atoms with Crippen LogP contribution in [-0.2, 0) is 6.54 Å². The lowest BCUT2D eigenvalue weighted by atomic mass is 10.1. The molecule has 0 spiro atoms. The summed E-state index contributed by atoms with van der Waals surface area (Å²) in [6, 6.07) is 6.82. The van der Waals surface area contributed by atoms with Crippen LogP contribution in [0.3, 0.4) is 0 Å². The summed E-state index contributed by atoms with van der Waals surface area (Å²) in [5.41, 5.74) is 1.90. The molecule has 0 unspecified atom stereocenters. The van der Waals surface area contributed by atoms with Crippen LogP contribution >= 0.6 is 0 Å². The van der Waals surface area contributed by atoms with E-state index in [-0.39, 0.29) is 17.9 Å². The van der Waals surface area contributed by atoms with Gasteiger partial charge in [0.2, 0.25) is 0 Å². The Labute approximate surface area is 141 Å². The number of hydrogen-bond acceptors (Lipinski definition) is 3. The van der Waals surface area contributed by atoms with E-state index in [1.54, 1.807) is 38.4 Å². The molecule has 0 saturated heterocycles. The molecule has 0 aliphatic carbocycles. The van der Waals surface area contributed by atoms with E-state index in [1.165, 1.54) is 0 Å². The van der Waals surface area contributed by atoms with Crippen LogP contribution in [0.5, 0.6) is 0 Å². The first-order chi connectivity index (χ1) is 11.5. The number of hydrogen-bond donors (Lipinski definition) is 3. The Bertz CT molecular complexity index is 697. The van der Waals surface area contributed by atoms with Gasteiger partial charge in [0.05, 0.1) is 0 Å². The summed E-state index contributed by atoms with van der Waals surface area (Å²) in [4.78, 5) is 23.9. The maximum absolute atomic E-state index is 12.1. The highest BCUT2D eigenvalue weighted by Crippen LogP contribution is 2.18. The first-order valence-electron chi connectivity index (χ1n) is 7.85. The predicted octanol–water partition coefficient (Wildman–Crippen LogP) is 2.01. The molecule has 0 radical (unpaired) electrons. The fourth-order valence-corrected chi connectivity index (χ4v) is 2.38. The summed E-state index contributed by atoms with van der Waals surface area (Å²) in [5.74, 6) is 0.0679. The van der Waals surface area contributed by atoms with Gasteiger partial charge in [-0.1, -0.05) is 13.0 Å². The van der Waals surface area contributed by atoms with Gasteiger partial charge in [0.25, 0.3) is 5.91 Å². The molecule has 3 amide bonds. The minimum absolute atomic E-state index is 0.176. The molecule has 0 bridgehead atoms. The fourth-order valence-electron chi connectivity index (χ4n) is 2.38. The number of anilines is 1. The van der Waals surface area contributed by atoms with Gasteiger partial charge in [0.1, 0.15) is 0 Å². The van der Waals surface area contributed by atoms with Gasteiger partial charge in [-0.25, -0.2) is 4.79 Å². The van der Waals surface area contributed by atoms with E-state index >= 15 is 0 Å². The minimum atomic E-state index is -0.292. The first kappa shape index (κ1) is 17.5. The van der Waals surface area contributed by atoms with Crippen molar-refractivity contribution in [1.82, 2.24) is 20.4 Å². The van der Waals surface area contributed by atoms with Gasteiger partial charge in [-0.15, -0.1) is 0 Å². The number of urea groups is 1. The molecular weight excluding hydrogens is 306 g/mol. The van der Waals surface area contributed by atoms with E-state index in [9.17, 15) is 9.59 Å². The van der Waals surface area contributed by atoms with Crippen LogP contribution in [0, 0.1) is 12.8 Å². The highest BCUT2D eigenvalue weighted by Gasteiger charge is 2.12. The summed E-state index contributed by atoms with van der Waals surface area (Å²) in [6.07, 6.45) is 3.62. The van der Waals surface area contributed by atoms with E-state index in [0.29, 0.717) is 17.8 Å². The smallest absolute Gasteiger partial charge is 0.319 e. The SMILES string of the molecule is CNC(=O)c1cccc(NC(=O)NC[C@@H](C)Cn2cccn2)c1C. The third-order valence-corrected chi connectivity index (χ3v) is 3.72. The summed E-state index contributed by atoms with van der Waals surface area (Å²) in [6.45, 7) is 5.11. The third kappa shape index (κ3) is 4.58.